The van der Waals surface area contributed by atoms with Crippen molar-refractivity contribution in [2.75, 3.05) is 6.54 Å². The van der Waals surface area contributed by atoms with Crippen molar-refractivity contribution in [1.29, 1.82) is 0 Å². The molecule has 134 valence electrons. The lowest BCUT2D eigenvalue weighted by atomic mass is 9.92. The third kappa shape index (κ3) is 3.63. The van der Waals surface area contributed by atoms with Crippen LogP contribution in [0.2, 0.25) is 5.02 Å². The zero-order valence-electron chi connectivity index (χ0n) is 14.2. The molecule has 0 spiro atoms. The van der Waals surface area contributed by atoms with E-state index in [2.05, 4.69) is 10.6 Å². The maximum Gasteiger partial charge on any atom is 0.325 e. The molecule has 6 nitrogen and oxygen atoms in total. The fraction of sp³-hybridized carbons (Fsp3) is 0.500. The number of urea groups is 1. The van der Waals surface area contributed by atoms with E-state index in [0.717, 1.165) is 30.6 Å². The van der Waals surface area contributed by atoms with Gasteiger partial charge in [0.2, 0.25) is 5.91 Å². The second-order valence-corrected chi connectivity index (χ2v) is 7.29. The van der Waals surface area contributed by atoms with Crippen LogP contribution in [0.1, 0.15) is 44.6 Å². The Hall–Kier alpha value is -2.08. The first-order chi connectivity index (χ1) is 11.9. The molecule has 7 heteroatoms. The minimum absolute atomic E-state index is 0.143. The second-order valence-electron chi connectivity index (χ2n) is 6.86. The zero-order chi connectivity index (χ0) is 18.0. The molecule has 1 saturated carbocycles. The fourth-order valence-corrected chi connectivity index (χ4v) is 3.61. The van der Waals surface area contributed by atoms with Gasteiger partial charge in [-0.1, -0.05) is 43.0 Å². The summed E-state index contributed by atoms with van der Waals surface area (Å²) in [5.74, 6) is -0.727. The monoisotopic (exact) mass is 363 g/mol. The largest absolute Gasteiger partial charge is 0.352 e. The van der Waals surface area contributed by atoms with Gasteiger partial charge in [0.05, 0.1) is 0 Å². The summed E-state index contributed by atoms with van der Waals surface area (Å²) in [6, 6.07) is 6.32. The Morgan fingerprint density at radius 3 is 2.52 bits per heavy atom. The highest BCUT2D eigenvalue weighted by Gasteiger charge is 2.49. The molecule has 1 aromatic rings. The molecule has 0 unspecified atom stereocenters. The van der Waals surface area contributed by atoms with Crippen molar-refractivity contribution < 1.29 is 14.4 Å². The molecule has 2 fully saturated rings. The number of hydrogen-bond acceptors (Lipinski definition) is 3. The number of carbonyl (C=O) groups is 3. The Bertz CT molecular complexity index is 685. The van der Waals surface area contributed by atoms with Crippen molar-refractivity contribution in [1.82, 2.24) is 15.5 Å². The molecular weight excluding hydrogens is 342 g/mol. The molecule has 0 radical (unpaired) electrons. The molecule has 0 aromatic heterocycles. The van der Waals surface area contributed by atoms with E-state index in [1.807, 2.05) is 0 Å². The quantitative estimate of drug-likeness (QED) is 0.807. The van der Waals surface area contributed by atoms with Crippen LogP contribution < -0.4 is 10.6 Å². The summed E-state index contributed by atoms with van der Waals surface area (Å²) >= 11 is 5.88. The van der Waals surface area contributed by atoms with E-state index in [9.17, 15) is 14.4 Å². The number of nitrogens with zero attached hydrogens (tertiary/aromatic N) is 1. The lowest BCUT2D eigenvalue weighted by Crippen LogP contribution is -2.45. The summed E-state index contributed by atoms with van der Waals surface area (Å²) in [7, 11) is 0. The number of carbonyl (C=O) groups excluding carboxylic acids is 3. The summed E-state index contributed by atoms with van der Waals surface area (Å²) < 4.78 is 0. The maximum atomic E-state index is 12.8. The van der Waals surface area contributed by atoms with Crippen LogP contribution in [-0.2, 0) is 15.1 Å². The van der Waals surface area contributed by atoms with Crippen LogP contribution in [0.5, 0.6) is 0 Å². The van der Waals surface area contributed by atoms with Gasteiger partial charge in [-0.2, -0.15) is 0 Å². The van der Waals surface area contributed by atoms with E-state index in [1.54, 1.807) is 31.2 Å². The highest BCUT2D eigenvalue weighted by molar-refractivity contribution is 6.30. The highest BCUT2D eigenvalue weighted by atomic mass is 35.5. The number of amides is 4. The van der Waals surface area contributed by atoms with Crippen molar-refractivity contribution in [3.63, 3.8) is 0 Å². The molecule has 1 saturated heterocycles. The van der Waals surface area contributed by atoms with Gasteiger partial charge < -0.3 is 10.6 Å². The van der Waals surface area contributed by atoms with Crippen molar-refractivity contribution in [2.45, 2.75) is 50.6 Å². The molecular formula is C18H22ClN3O3. The van der Waals surface area contributed by atoms with Gasteiger partial charge in [0, 0.05) is 11.1 Å². The van der Waals surface area contributed by atoms with Crippen LogP contribution >= 0.6 is 11.6 Å². The lowest BCUT2D eigenvalue weighted by molar-refractivity contribution is -0.135. The summed E-state index contributed by atoms with van der Waals surface area (Å²) in [6.45, 7) is 1.37. The van der Waals surface area contributed by atoms with Crippen molar-refractivity contribution >= 4 is 29.4 Å². The first-order valence-corrected chi connectivity index (χ1v) is 8.97. The van der Waals surface area contributed by atoms with Crippen molar-refractivity contribution in [3.05, 3.63) is 34.9 Å². The van der Waals surface area contributed by atoms with Gasteiger partial charge in [-0.3, -0.25) is 14.5 Å². The standard InChI is InChI=1S/C18H22ClN3O3/c1-18(12-7-9-13(19)10-8-12)16(24)22(17(25)21-18)11-15(23)20-14-5-3-2-4-6-14/h7-10,14H,2-6,11H2,1H3,(H,20,23)(H,21,25)/t18-/m0/s1. The van der Waals surface area contributed by atoms with E-state index in [-0.39, 0.29) is 18.5 Å². The topological polar surface area (TPSA) is 78.5 Å². The van der Waals surface area contributed by atoms with E-state index in [0.29, 0.717) is 10.6 Å². The van der Waals surface area contributed by atoms with Crippen LogP contribution in [-0.4, -0.2) is 35.3 Å². The molecule has 25 heavy (non-hydrogen) atoms. The summed E-state index contributed by atoms with van der Waals surface area (Å²) in [4.78, 5) is 38.3. The lowest BCUT2D eigenvalue weighted by Gasteiger charge is -2.24. The van der Waals surface area contributed by atoms with Crippen molar-refractivity contribution in [3.8, 4) is 0 Å². The third-order valence-corrected chi connectivity index (χ3v) is 5.22. The number of rotatable bonds is 4. The van der Waals surface area contributed by atoms with Gasteiger partial charge in [0.1, 0.15) is 12.1 Å². The molecule has 1 atom stereocenters. The maximum absolute atomic E-state index is 12.8. The second kappa shape index (κ2) is 7.04. The fourth-order valence-electron chi connectivity index (χ4n) is 3.48. The van der Waals surface area contributed by atoms with Gasteiger partial charge >= 0.3 is 6.03 Å². The Labute approximate surface area is 151 Å². The summed E-state index contributed by atoms with van der Waals surface area (Å²) in [5, 5.41) is 6.17. The normalized spacial score (nSPS) is 24.3. The molecule has 1 aliphatic heterocycles. The third-order valence-electron chi connectivity index (χ3n) is 4.97. The SMILES string of the molecule is C[C@@]1(c2ccc(Cl)cc2)NC(=O)N(CC(=O)NC2CCCCC2)C1=O. The number of benzene rings is 1. The first-order valence-electron chi connectivity index (χ1n) is 8.59. The highest BCUT2D eigenvalue weighted by Crippen LogP contribution is 2.29. The number of nitrogens with one attached hydrogen (secondary N) is 2. The average molecular weight is 364 g/mol. The van der Waals surface area contributed by atoms with Gasteiger partial charge in [0.15, 0.2) is 0 Å². The van der Waals surface area contributed by atoms with E-state index in [1.165, 1.54) is 6.42 Å². The van der Waals surface area contributed by atoms with E-state index < -0.39 is 17.5 Å². The molecule has 4 amide bonds. The van der Waals surface area contributed by atoms with Gasteiger partial charge in [-0.25, -0.2) is 4.79 Å². The molecule has 0 bridgehead atoms. The predicted octanol–water partition coefficient (Wildman–Crippen LogP) is 2.56. The van der Waals surface area contributed by atoms with Crippen molar-refractivity contribution in [2.24, 2.45) is 0 Å². The minimum Gasteiger partial charge on any atom is -0.352 e. The van der Waals surface area contributed by atoms with E-state index in [4.69, 9.17) is 11.6 Å². The van der Waals surface area contributed by atoms with Gasteiger partial charge in [-0.15, -0.1) is 0 Å². The van der Waals surface area contributed by atoms with Crippen LogP contribution in [0, 0.1) is 0 Å². The number of hydrogen-bond donors (Lipinski definition) is 2. The van der Waals surface area contributed by atoms with E-state index >= 15 is 0 Å². The Morgan fingerprint density at radius 1 is 1.24 bits per heavy atom. The molecule has 1 aromatic carbocycles. The minimum atomic E-state index is -1.19. The molecule has 2 aliphatic rings. The van der Waals surface area contributed by atoms with Crippen LogP contribution in [0.3, 0.4) is 0 Å². The Kier molecular flexibility index (Phi) is 4.99. The van der Waals surface area contributed by atoms with Crippen LogP contribution in [0.15, 0.2) is 24.3 Å². The van der Waals surface area contributed by atoms with Gasteiger partial charge in [0.25, 0.3) is 5.91 Å². The number of imide groups is 1. The predicted molar refractivity (Wildman–Crippen MR) is 94.1 cm³/mol. The Balaban J connectivity index is 1.68. The van der Waals surface area contributed by atoms with Crippen LogP contribution in [0.4, 0.5) is 4.79 Å². The average Bonchev–Trinajstić information content (AvgIpc) is 2.80. The number of halogens is 1. The summed E-state index contributed by atoms with van der Waals surface area (Å²) in [6.07, 6.45) is 5.30. The molecule has 2 N–H and O–H groups in total. The van der Waals surface area contributed by atoms with Gasteiger partial charge in [-0.05, 0) is 37.5 Å². The Morgan fingerprint density at radius 2 is 1.88 bits per heavy atom. The molecule has 1 aliphatic carbocycles. The van der Waals surface area contributed by atoms with Crippen LogP contribution in [0.25, 0.3) is 0 Å². The zero-order valence-corrected chi connectivity index (χ0v) is 14.9. The molecule has 3 rings (SSSR count). The molecule has 1 heterocycles. The first kappa shape index (κ1) is 17.7. The summed E-state index contributed by atoms with van der Waals surface area (Å²) in [5.41, 5.74) is -0.558. The smallest absolute Gasteiger partial charge is 0.325 e.